The molecule has 1 aliphatic rings. The Kier molecular flexibility index (Phi) is 6.39. The molecule has 0 aromatic heterocycles. The molecular formula is C22H23N3O4. The van der Waals surface area contributed by atoms with Gasteiger partial charge in [-0.15, -0.1) is 0 Å². The number of imide groups is 2. The van der Waals surface area contributed by atoms with Crippen LogP contribution in [0.3, 0.4) is 0 Å². The highest BCUT2D eigenvalue weighted by Crippen LogP contribution is 2.16. The number of nitrogens with one attached hydrogen (secondary N) is 1. The van der Waals surface area contributed by atoms with Crippen LogP contribution in [0.1, 0.15) is 24.5 Å². The Morgan fingerprint density at radius 2 is 1.41 bits per heavy atom. The molecule has 29 heavy (non-hydrogen) atoms. The monoisotopic (exact) mass is 393 g/mol. The summed E-state index contributed by atoms with van der Waals surface area (Å²) in [6, 6.07) is 17.9. The Morgan fingerprint density at radius 3 is 2.03 bits per heavy atom. The van der Waals surface area contributed by atoms with E-state index in [-0.39, 0.29) is 12.6 Å². The molecular weight excluding hydrogens is 370 g/mol. The minimum atomic E-state index is -0.974. The molecule has 7 heteroatoms. The quantitative estimate of drug-likeness (QED) is 0.550. The van der Waals surface area contributed by atoms with Gasteiger partial charge in [0.2, 0.25) is 5.91 Å². The standard InChI is InChI=1S/C22H23N3O4/c1-16(12-13-17-8-4-2-5-9-17)23-19(26)15-25-21(28)20(27)24(22(25)29)14-18-10-6-3-7-11-18/h2-11,16H,12-15H2,1H3,(H,23,26)/t16-/m1/s1. The Bertz CT molecular complexity index is 899. The molecule has 1 N–H and O–H groups in total. The number of carbonyl (C=O) groups excluding carboxylic acids is 4. The Balaban J connectivity index is 1.53. The van der Waals surface area contributed by atoms with Crippen molar-refractivity contribution in [2.45, 2.75) is 32.4 Å². The maximum Gasteiger partial charge on any atom is 0.335 e. The molecule has 0 bridgehead atoms. The molecule has 1 aliphatic heterocycles. The van der Waals surface area contributed by atoms with Crippen LogP contribution in [0.5, 0.6) is 0 Å². The summed E-state index contributed by atoms with van der Waals surface area (Å²) in [7, 11) is 0. The number of urea groups is 1. The van der Waals surface area contributed by atoms with Crippen molar-refractivity contribution in [3.8, 4) is 0 Å². The first-order valence-corrected chi connectivity index (χ1v) is 9.50. The third-order valence-corrected chi connectivity index (χ3v) is 4.74. The molecule has 7 nitrogen and oxygen atoms in total. The molecule has 2 aromatic rings. The fraction of sp³-hybridized carbons (Fsp3) is 0.273. The second-order valence-corrected chi connectivity index (χ2v) is 7.04. The third kappa shape index (κ3) is 5.07. The van der Waals surface area contributed by atoms with E-state index in [1.54, 1.807) is 24.3 Å². The molecule has 3 rings (SSSR count). The second kappa shape index (κ2) is 9.14. The zero-order valence-electron chi connectivity index (χ0n) is 16.2. The van der Waals surface area contributed by atoms with Crippen LogP contribution in [-0.4, -0.2) is 46.1 Å². The van der Waals surface area contributed by atoms with Crippen LogP contribution in [0.25, 0.3) is 0 Å². The lowest BCUT2D eigenvalue weighted by Gasteiger charge is -2.18. The normalized spacial score (nSPS) is 15.0. The summed E-state index contributed by atoms with van der Waals surface area (Å²) >= 11 is 0. The predicted octanol–water partition coefficient (Wildman–Crippen LogP) is 2.11. The smallest absolute Gasteiger partial charge is 0.335 e. The van der Waals surface area contributed by atoms with Crippen LogP contribution in [0.4, 0.5) is 4.79 Å². The van der Waals surface area contributed by atoms with Crippen LogP contribution in [-0.2, 0) is 27.3 Å². The van der Waals surface area contributed by atoms with Crippen molar-refractivity contribution in [3.05, 3.63) is 71.8 Å². The summed E-state index contributed by atoms with van der Waals surface area (Å²) in [6.07, 6.45) is 1.52. The number of hydrogen-bond donors (Lipinski definition) is 1. The zero-order valence-corrected chi connectivity index (χ0v) is 16.2. The number of amides is 5. The zero-order chi connectivity index (χ0) is 20.8. The van der Waals surface area contributed by atoms with Crippen molar-refractivity contribution in [1.82, 2.24) is 15.1 Å². The van der Waals surface area contributed by atoms with Crippen molar-refractivity contribution in [1.29, 1.82) is 0 Å². The van der Waals surface area contributed by atoms with E-state index in [9.17, 15) is 19.2 Å². The van der Waals surface area contributed by atoms with E-state index in [1.165, 1.54) is 5.56 Å². The Hall–Kier alpha value is -3.48. The Labute approximate surface area is 169 Å². The summed E-state index contributed by atoms with van der Waals surface area (Å²) in [4.78, 5) is 50.7. The molecule has 0 spiro atoms. The van der Waals surface area contributed by atoms with E-state index >= 15 is 0 Å². The van der Waals surface area contributed by atoms with E-state index in [0.29, 0.717) is 4.90 Å². The number of hydrogen-bond acceptors (Lipinski definition) is 4. The molecule has 1 heterocycles. The van der Waals surface area contributed by atoms with Crippen LogP contribution in [0.2, 0.25) is 0 Å². The van der Waals surface area contributed by atoms with E-state index in [0.717, 1.165) is 23.3 Å². The lowest BCUT2D eigenvalue weighted by atomic mass is 10.1. The first-order valence-electron chi connectivity index (χ1n) is 9.50. The van der Waals surface area contributed by atoms with E-state index in [1.807, 2.05) is 43.3 Å². The second-order valence-electron chi connectivity index (χ2n) is 7.04. The molecule has 1 atom stereocenters. The number of nitrogens with zero attached hydrogens (tertiary/aromatic N) is 2. The third-order valence-electron chi connectivity index (χ3n) is 4.74. The first kappa shape index (κ1) is 20.3. The molecule has 0 aliphatic carbocycles. The van der Waals surface area contributed by atoms with Gasteiger partial charge in [-0.05, 0) is 30.9 Å². The van der Waals surface area contributed by atoms with Gasteiger partial charge in [0, 0.05) is 6.04 Å². The summed E-state index contributed by atoms with van der Waals surface area (Å²) in [5, 5.41) is 2.78. The van der Waals surface area contributed by atoms with Crippen molar-refractivity contribution in [2.75, 3.05) is 6.54 Å². The molecule has 0 saturated carbocycles. The molecule has 1 fully saturated rings. The number of benzene rings is 2. The van der Waals surface area contributed by atoms with Crippen LogP contribution in [0.15, 0.2) is 60.7 Å². The van der Waals surface area contributed by atoms with Gasteiger partial charge in [0.15, 0.2) is 0 Å². The average molecular weight is 393 g/mol. The van der Waals surface area contributed by atoms with Gasteiger partial charge in [-0.3, -0.25) is 19.3 Å². The van der Waals surface area contributed by atoms with E-state index in [4.69, 9.17) is 0 Å². The van der Waals surface area contributed by atoms with Crippen LogP contribution >= 0.6 is 0 Å². The van der Waals surface area contributed by atoms with Gasteiger partial charge < -0.3 is 5.32 Å². The van der Waals surface area contributed by atoms with Gasteiger partial charge in [-0.2, -0.15) is 0 Å². The van der Waals surface area contributed by atoms with E-state index in [2.05, 4.69) is 5.32 Å². The van der Waals surface area contributed by atoms with Gasteiger partial charge in [-0.25, -0.2) is 9.69 Å². The number of aryl methyl sites for hydroxylation is 1. The minimum Gasteiger partial charge on any atom is -0.352 e. The summed E-state index contributed by atoms with van der Waals surface area (Å²) < 4.78 is 0. The van der Waals surface area contributed by atoms with E-state index < -0.39 is 30.3 Å². The highest BCUT2D eigenvalue weighted by Gasteiger charge is 2.45. The maximum atomic E-state index is 12.5. The highest BCUT2D eigenvalue weighted by molar-refractivity contribution is 6.44. The summed E-state index contributed by atoms with van der Waals surface area (Å²) in [6.45, 7) is 1.39. The molecule has 5 amide bonds. The molecule has 150 valence electrons. The van der Waals surface area contributed by atoms with Crippen LogP contribution in [0, 0.1) is 0 Å². The van der Waals surface area contributed by atoms with Crippen molar-refractivity contribution in [2.24, 2.45) is 0 Å². The minimum absolute atomic E-state index is 0.00412. The fourth-order valence-electron chi connectivity index (χ4n) is 3.16. The van der Waals surface area contributed by atoms with Crippen molar-refractivity contribution in [3.63, 3.8) is 0 Å². The summed E-state index contributed by atoms with van der Waals surface area (Å²) in [5.41, 5.74) is 1.89. The topological polar surface area (TPSA) is 86.8 Å². The molecule has 2 aromatic carbocycles. The average Bonchev–Trinajstić information content (AvgIpc) is 2.92. The van der Waals surface area contributed by atoms with Crippen molar-refractivity contribution >= 4 is 23.8 Å². The lowest BCUT2D eigenvalue weighted by molar-refractivity contribution is -0.144. The number of carbonyl (C=O) groups is 4. The van der Waals surface area contributed by atoms with Gasteiger partial charge in [-0.1, -0.05) is 60.7 Å². The Morgan fingerprint density at radius 1 is 0.862 bits per heavy atom. The first-order chi connectivity index (χ1) is 14.0. The highest BCUT2D eigenvalue weighted by atomic mass is 16.2. The largest absolute Gasteiger partial charge is 0.352 e. The van der Waals surface area contributed by atoms with Gasteiger partial charge in [0.25, 0.3) is 0 Å². The molecule has 0 unspecified atom stereocenters. The SMILES string of the molecule is C[C@H](CCc1ccccc1)NC(=O)CN1C(=O)C(=O)N(Cc2ccccc2)C1=O. The number of rotatable bonds is 8. The van der Waals surface area contributed by atoms with Crippen LogP contribution < -0.4 is 5.32 Å². The van der Waals surface area contributed by atoms with Gasteiger partial charge >= 0.3 is 17.8 Å². The molecule has 1 saturated heterocycles. The predicted molar refractivity (Wildman–Crippen MR) is 106 cm³/mol. The maximum absolute atomic E-state index is 12.5. The fourth-order valence-corrected chi connectivity index (χ4v) is 3.16. The van der Waals surface area contributed by atoms with Gasteiger partial charge in [0.05, 0.1) is 6.54 Å². The van der Waals surface area contributed by atoms with Crippen molar-refractivity contribution < 1.29 is 19.2 Å². The lowest BCUT2D eigenvalue weighted by Crippen LogP contribution is -2.44. The summed E-state index contributed by atoms with van der Waals surface area (Å²) in [5.74, 6) is -2.36. The van der Waals surface area contributed by atoms with Gasteiger partial charge in [0.1, 0.15) is 6.54 Å². The molecule has 0 radical (unpaired) electrons.